The number of carbonyl (C=O) groups is 1. The van der Waals surface area contributed by atoms with Crippen LogP contribution in [0.4, 0.5) is 0 Å². The van der Waals surface area contributed by atoms with Gasteiger partial charge in [0, 0.05) is 7.34 Å². The monoisotopic (exact) mass is 508 g/mol. The van der Waals surface area contributed by atoms with Crippen LogP contribution in [0.3, 0.4) is 0 Å². The average molecular weight is 509 g/mol. The minimum Gasteiger partial charge on any atom is -0.300 e. The highest BCUT2D eigenvalue weighted by Crippen LogP contribution is 2.40. The minimum atomic E-state index is 0. The van der Waals surface area contributed by atoms with E-state index in [-0.39, 0.29) is 1.43 Å². The highest BCUT2D eigenvalue weighted by atomic mass is 16.1. The molecule has 0 bridgehead atoms. The molecule has 0 atom stereocenters. The van der Waals surface area contributed by atoms with Crippen LogP contribution in [0, 0.1) is 24.7 Å². The maximum atomic E-state index is 10.4. The van der Waals surface area contributed by atoms with Gasteiger partial charge < -0.3 is 0 Å². The van der Waals surface area contributed by atoms with Crippen molar-refractivity contribution in [2.75, 3.05) is 0 Å². The Morgan fingerprint density at radius 3 is 1.95 bits per heavy atom. The summed E-state index contributed by atoms with van der Waals surface area (Å²) in [5, 5.41) is 0. The van der Waals surface area contributed by atoms with Gasteiger partial charge in [0.25, 0.3) is 0 Å². The Bertz CT molecular complexity index is 774. The lowest BCUT2D eigenvalue weighted by molar-refractivity contribution is -0.122. The van der Waals surface area contributed by atoms with Crippen molar-refractivity contribution in [1.29, 1.82) is 0 Å². The van der Waals surface area contributed by atoms with E-state index in [0.717, 1.165) is 24.7 Å². The zero-order valence-corrected chi connectivity index (χ0v) is 25.1. The van der Waals surface area contributed by atoms with Crippen LogP contribution >= 0.6 is 0 Å². The van der Waals surface area contributed by atoms with Gasteiger partial charge in [-0.15, -0.1) is 0 Å². The highest BCUT2D eigenvalue weighted by molar-refractivity contribution is 5.78. The minimum absolute atomic E-state index is 0. The molecule has 0 saturated heterocycles. The van der Waals surface area contributed by atoms with Crippen LogP contribution in [-0.2, 0) is 4.79 Å². The number of hydrogen-bond donors (Lipinski definition) is 0. The molecule has 0 unspecified atom stereocenters. The van der Waals surface area contributed by atoms with Gasteiger partial charge in [-0.05, 0) is 76.7 Å². The predicted octanol–water partition coefficient (Wildman–Crippen LogP) is 11.6. The number of unbranched alkanes of at least 4 members (excludes halogenated alkanes) is 1. The molecule has 1 aromatic carbocycles. The average Bonchev–Trinajstić information content (AvgIpc) is 3.70. The van der Waals surface area contributed by atoms with Crippen molar-refractivity contribution in [3.05, 3.63) is 71.8 Å². The van der Waals surface area contributed by atoms with Gasteiger partial charge in [0.15, 0.2) is 0 Å². The zero-order chi connectivity index (χ0) is 27.3. The van der Waals surface area contributed by atoms with Crippen LogP contribution in [0.5, 0.6) is 0 Å². The molecule has 3 aliphatic carbocycles. The Kier molecular flexibility index (Phi) is 18.9. The summed E-state index contributed by atoms with van der Waals surface area (Å²) in [6.07, 6.45) is 26.9. The first kappa shape index (κ1) is 33.1. The second-order valence-corrected chi connectivity index (χ2v) is 11.3. The van der Waals surface area contributed by atoms with Crippen molar-refractivity contribution >= 4 is 5.78 Å². The maximum absolute atomic E-state index is 10.4. The largest absolute Gasteiger partial charge is 0.300 e. The molecule has 1 nitrogen and oxygen atoms in total. The fourth-order valence-electron chi connectivity index (χ4n) is 4.90. The van der Waals surface area contributed by atoms with E-state index in [4.69, 9.17) is 0 Å². The number of ketones is 1. The third-order valence-corrected chi connectivity index (χ3v) is 7.77. The molecule has 0 spiro atoms. The number of Topliss-reactive ketones (excluding diaryl/α,β-unsaturated/α-hetero) is 1. The van der Waals surface area contributed by atoms with Gasteiger partial charge in [-0.3, -0.25) is 4.79 Å². The summed E-state index contributed by atoms with van der Waals surface area (Å²) in [7, 11) is 0. The molecule has 0 aromatic heterocycles. The molecular weight excluding hydrogens is 448 g/mol. The third-order valence-electron chi connectivity index (χ3n) is 7.77. The van der Waals surface area contributed by atoms with Crippen LogP contribution in [0.2, 0.25) is 0 Å². The van der Waals surface area contributed by atoms with Gasteiger partial charge in [-0.25, -0.2) is 0 Å². The summed E-state index contributed by atoms with van der Waals surface area (Å²) in [4.78, 5) is 10.4. The first-order valence-corrected chi connectivity index (χ1v) is 15.5. The van der Waals surface area contributed by atoms with E-state index in [2.05, 4.69) is 64.6 Å². The second kappa shape index (κ2) is 21.1. The first-order valence-electron chi connectivity index (χ1n) is 15.5. The molecule has 3 aliphatic rings. The number of rotatable bonds is 9. The van der Waals surface area contributed by atoms with E-state index >= 15 is 0 Å². The summed E-state index contributed by atoms with van der Waals surface area (Å²) in [5.41, 5.74) is 4.20. The molecule has 3 saturated carbocycles. The first-order chi connectivity index (χ1) is 17.9. The lowest BCUT2D eigenvalue weighted by atomic mass is 9.83. The predicted molar refractivity (Wildman–Crippen MR) is 167 cm³/mol. The van der Waals surface area contributed by atoms with Crippen LogP contribution in [0.15, 0.2) is 66.3 Å². The standard InChI is InChI=1S/C14H22.C9H18.C7H8.C6H10O.H2/c1-4-6-8-12(3)14(9-7-5-2)13-10-11-13;1-2-6-9-7-4-3-5-8-9;1-7-5-3-2-4-6-7;1-5(7)6-3-2-4-6;/h5,7,9,13H,3-4,6,8,10-11H2,1-2H3;9H,2-8H2,1H3;2-6H,1H3;6H,2-4H2,1H3;1H/b7-5-,14-9+;;;;. The molecule has 4 rings (SSSR count). The van der Waals surface area contributed by atoms with Gasteiger partial charge >= 0.3 is 0 Å². The lowest BCUT2D eigenvalue weighted by Crippen LogP contribution is -2.18. The maximum Gasteiger partial charge on any atom is 0.132 e. The van der Waals surface area contributed by atoms with Crippen molar-refractivity contribution in [1.82, 2.24) is 0 Å². The van der Waals surface area contributed by atoms with E-state index < -0.39 is 0 Å². The summed E-state index contributed by atoms with van der Waals surface area (Å²) in [5.74, 6) is 2.76. The van der Waals surface area contributed by atoms with Gasteiger partial charge in [0.2, 0.25) is 0 Å². The summed E-state index contributed by atoms with van der Waals surface area (Å²) < 4.78 is 0. The van der Waals surface area contributed by atoms with Crippen LogP contribution in [-0.4, -0.2) is 5.78 Å². The molecule has 0 heterocycles. The third kappa shape index (κ3) is 16.5. The highest BCUT2D eigenvalue weighted by Gasteiger charge is 2.26. The SMILES string of the molecule is C=C(CCCC)/C(=C\C=C/C)C1CC1.CC(=O)C1CCC1.CCCC1CCCCC1.Cc1ccccc1.[HH]. The van der Waals surface area contributed by atoms with Gasteiger partial charge in [0.05, 0.1) is 0 Å². The van der Waals surface area contributed by atoms with Crippen LogP contribution in [0.25, 0.3) is 0 Å². The fourth-order valence-corrected chi connectivity index (χ4v) is 4.90. The molecule has 0 aliphatic heterocycles. The number of benzene rings is 1. The van der Waals surface area contributed by atoms with E-state index in [1.165, 1.54) is 100 Å². The van der Waals surface area contributed by atoms with Crippen molar-refractivity contribution in [2.45, 2.75) is 131 Å². The quantitative estimate of drug-likeness (QED) is 0.303. The van der Waals surface area contributed by atoms with E-state index in [1.807, 2.05) is 18.2 Å². The number of allylic oxidation sites excluding steroid dienone is 5. The second-order valence-electron chi connectivity index (χ2n) is 11.3. The molecule has 1 heteroatoms. The molecule has 0 amide bonds. The van der Waals surface area contributed by atoms with Crippen LogP contribution in [0.1, 0.15) is 131 Å². The van der Waals surface area contributed by atoms with Crippen molar-refractivity contribution in [2.24, 2.45) is 17.8 Å². The molecule has 0 radical (unpaired) electrons. The van der Waals surface area contributed by atoms with E-state index in [9.17, 15) is 4.79 Å². The number of aryl methyl sites for hydroxylation is 1. The molecule has 1 aromatic rings. The van der Waals surface area contributed by atoms with Gasteiger partial charge in [0.1, 0.15) is 5.78 Å². The number of hydrogen-bond acceptors (Lipinski definition) is 1. The Morgan fingerprint density at radius 1 is 0.919 bits per heavy atom. The Balaban J connectivity index is 0.000000498. The normalized spacial score (nSPS) is 17.8. The Labute approximate surface area is 232 Å². The number of carbonyl (C=O) groups excluding carboxylic acids is 1. The van der Waals surface area contributed by atoms with Crippen molar-refractivity contribution < 1.29 is 6.22 Å². The molecule has 37 heavy (non-hydrogen) atoms. The van der Waals surface area contributed by atoms with E-state index in [0.29, 0.717) is 11.7 Å². The lowest BCUT2D eigenvalue weighted by Gasteiger charge is -2.21. The molecule has 3 fully saturated rings. The molecule has 0 N–H and O–H groups in total. The van der Waals surface area contributed by atoms with Crippen molar-refractivity contribution in [3.63, 3.8) is 0 Å². The van der Waals surface area contributed by atoms with Crippen molar-refractivity contribution in [3.8, 4) is 0 Å². The smallest absolute Gasteiger partial charge is 0.132 e. The Hall–Kier alpha value is -1.89. The summed E-state index contributed by atoms with van der Waals surface area (Å²) in [6, 6.07) is 10.3. The Morgan fingerprint density at radius 2 is 1.57 bits per heavy atom. The fraction of sp³-hybridized carbons (Fsp3) is 0.639. The zero-order valence-electron chi connectivity index (χ0n) is 25.1. The molecule has 210 valence electrons. The van der Waals surface area contributed by atoms with E-state index in [1.54, 1.807) is 6.92 Å². The topological polar surface area (TPSA) is 17.1 Å². The summed E-state index contributed by atoms with van der Waals surface area (Å²) >= 11 is 0. The van der Waals surface area contributed by atoms with Crippen LogP contribution < -0.4 is 0 Å². The van der Waals surface area contributed by atoms with Gasteiger partial charge in [-0.2, -0.15) is 0 Å². The summed E-state index contributed by atoms with van der Waals surface area (Å²) in [6.45, 7) is 14.6. The molecular formula is C36H60O. The van der Waals surface area contributed by atoms with Gasteiger partial charge in [-0.1, -0.05) is 138 Å².